The van der Waals surface area contributed by atoms with Gasteiger partial charge in [0.05, 0.1) is 13.5 Å². The second kappa shape index (κ2) is 8.04. The van der Waals surface area contributed by atoms with Gasteiger partial charge in [-0.25, -0.2) is 4.79 Å². The smallest absolute Gasteiger partial charge is 0.490 e. The van der Waals surface area contributed by atoms with E-state index >= 15 is 0 Å². The normalized spacial score (nSPS) is 9.33. The van der Waals surface area contributed by atoms with Gasteiger partial charge in [0.2, 0.25) is 0 Å². The van der Waals surface area contributed by atoms with Crippen LogP contribution >= 0.6 is 0 Å². The summed E-state index contributed by atoms with van der Waals surface area (Å²) in [5.74, 6) is -0.829. The average molecular weight is 234 g/mol. The van der Waals surface area contributed by atoms with Crippen LogP contribution in [0.1, 0.15) is 6.42 Å². The van der Waals surface area contributed by atoms with E-state index in [9.17, 15) is 9.59 Å². The topological polar surface area (TPSA) is 72.8 Å². The lowest BCUT2D eigenvalue weighted by atomic mass is 10.4. The van der Waals surface area contributed by atoms with Gasteiger partial charge >= 0.3 is 12.1 Å². The van der Waals surface area contributed by atoms with E-state index in [2.05, 4.69) is 11.3 Å². The Hall–Kier alpha value is -1.30. The molecule has 0 saturated carbocycles. The van der Waals surface area contributed by atoms with E-state index < -0.39 is 20.4 Å². The van der Waals surface area contributed by atoms with E-state index in [4.69, 9.17) is 9.53 Å². The Morgan fingerprint density at radius 3 is 1.93 bits per heavy atom. The maximum Gasteiger partial charge on any atom is 0.494 e. The standard InChI is InChI=1S/C5H12O3Si.C4H6O2/c1-7-5(6)8-9(2,3)4;1-2-3-4(5)6/h1-4H3;2H,1,3H2,(H,5,6). The first-order valence-electron chi connectivity index (χ1n) is 4.32. The Morgan fingerprint density at radius 1 is 1.40 bits per heavy atom. The molecule has 6 heteroatoms. The predicted molar refractivity (Wildman–Crippen MR) is 59.3 cm³/mol. The molecule has 0 rings (SSSR count). The molecule has 0 aromatic rings. The molecule has 0 fully saturated rings. The fourth-order valence-corrected chi connectivity index (χ4v) is 0.998. The fourth-order valence-electron chi connectivity index (χ4n) is 0.415. The molecule has 0 saturated heterocycles. The number of carbonyl (C=O) groups excluding carboxylic acids is 1. The Morgan fingerprint density at radius 2 is 1.87 bits per heavy atom. The number of carboxylic acid groups (broad SMARTS) is 1. The lowest BCUT2D eigenvalue weighted by Crippen LogP contribution is -2.28. The van der Waals surface area contributed by atoms with Crippen molar-refractivity contribution in [2.75, 3.05) is 7.11 Å². The molecule has 88 valence electrons. The van der Waals surface area contributed by atoms with Gasteiger partial charge < -0.3 is 14.3 Å². The van der Waals surface area contributed by atoms with Crippen molar-refractivity contribution in [3.8, 4) is 0 Å². The van der Waals surface area contributed by atoms with Crippen LogP contribution in [0.4, 0.5) is 4.79 Å². The molecule has 0 aromatic heterocycles. The lowest BCUT2D eigenvalue weighted by Gasteiger charge is -2.14. The Labute approximate surface area is 90.8 Å². The van der Waals surface area contributed by atoms with Crippen LogP contribution in [0.5, 0.6) is 0 Å². The van der Waals surface area contributed by atoms with Crippen LogP contribution in [-0.2, 0) is 14.0 Å². The van der Waals surface area contributed by atoms with Crippen molar-refractivity contribution in [1.29, 1.82) is 0 Å². The zero-order valence-corrected chi connectivity index (χ0v) is 10.6. The summed E-state index contributed by atoms with van der Waals surface area (Å²) in [5.41, 5.74) is 0. The molecule has 0 aliphatic heterocycles. The van der Waals surface area contributed by atoms with Gasteiger partial charge in [-0.2, -0.15) is 0 Å². The molecule has 0 aliphatic rings. The van der Waals surface area contributed by atoms with Crippen LogP contribution in [0.3, 0.4) is 0 Å². The van der Waals surface area contributed by atoms with Crippen LogP contribution < -0.4 is 0 Å². The van der Waals surface area contributed by atoms with Crippen molar-refractivity contribution in [2.45, 2.75) is 26.1 Å². The lowest BCUT2D eigenvalue weighted by molar-refractivity contribution is -0.135. The molecule has 0 bridgehead atoms. The van der Waals surface area contributed by atoms with Crippen molar-refractivity contribution >= 4 is 20.4 Å². The molecule has 0 radical (unpaired) electrons. The van der Waals surface area contributed by atoms with Gasteiger partial charge in [0.1, 0.15) is 0 Å². The van der Waals surface area contributed by atoms with Gasteiger partial charge in [-0.05, 0) is 19.6 Å². The van der Waals surface area contributed by atoms with Crippen molar-refractivity contribution < 1.29 is 23.9 Å². The third kappa shape index (κ3) is 19.2. The average Bonchev–Trinajstić information content (AvgIpc) is 2.01. The molecule has 15 heavy (non-hydrogen) atoms. The van der Waals surface area contributed by atoms with Gasteiger partial charge in [0.25, 0.3) is 8.32 Å². The highest BCUT2D eigenvalue weighted by atomic mass is 28.4. The summed E-state index contributed by atoms with van der Waals surface area (Å²) in [6, 6.07) is 0. The van der Waals surface area contributed by atoms with Crippen LogP contribution in [-0.4, -0.2) is 32.7 Å². The quantitative estimate of drug-likeness (QED) is 0.460. The summed E-state index contributed by atoms with van der Waals surface area (Å²) in [5, 5.41) is 7.84. The van der Waals surface area contributed by atoms with Gasteiger partial charge in [-0.3, -0.25) is 4.79 Å². The summed E-state index contributed by atoms with van der Waals surface area (Å²) in [6.07, 6.45) is 0.830. The molecule has 0 amide bonds. The van der Waals surface area contributed by atoms with Crippen LogP contribution in [0, 0.1) is 0 Å². The Kier molecular flexibility index (Phi) is 8.65. The summed E-state index contributed by atoms with van der Waals surface area (Å²) >= 11 is 0. The number of ether oxygens (including phenoxy) is 1. The van der Waals surface area contributed by atoms with Crippen LogP contribution in [0.15, 0.2) is 12.7 Å². The van der Waals surface area contributed by atoms with E-state index in [1.54, 1.807) is 0 Å². The Bertz CT molecular complexity index is 219. The molecular weight excluding hydrogens is 216 g/mol. The van der Waals surface area contributed by atoms with Crippen molar-refractivity contribution in [1.82, 2.24) is 0 Å². The largest absolute Gasteiger partial charge is 0.494 e. The number of hydrogen-bond acceptors (Lipinski definition) is 4. The van der Waals surface area contributed by atoms with E-state index in [1.807, 2.05) is 19.6 Å². The van der Waals surface area contributed by atoms with Gasteiger partial charge in [0, 0.05) is 0 Å². The number of rotatable bonds is 3. The summed E-state index contributed by atoms with van der Waals surface area (Å²) in [6.45, 7) is 8.98. The zero-order valence-electron chi connectivity index (χ0n) is 9.57. The first-order valence-corrected chi connectivity index (χ1v) is 7.73. The molecule has 0 heterocycles. The molecular formula is C9H18O5Si. The van der Waals surface area contributed by atoms with E-state index in [-0.39, 0.29) is 6.42 Å². The van der Waals surface area contributed by atoms with E-state index in [0.717, 1.165) is 0 Å². The minimum atomic E-state index is -1.72. The molecule has 0 spiro atoms. The summed E-state index contributed by atoms with van der Waals surface area (Å²) in [4.78, 5) is 19.9. The molecule has 1 N–H and O–H groups in total. The number of carboxylic acids is 1. The maximum atomic E-state index is 10.4. The molecule has 5 nitrogen and oxygen atoms in total. The third-order valence-electron chi connectivity index (χ3n) is 0.875. The maximum absolute atomic E-state index is 10.4. The van der Waals surface area contributed by atoms with Gasteiger partial charge in [-0.1, -0.05) is 6.08 Å². The second-order valence-electron chi connectivity index (χ2n) is 3.56. The molecule has 0 aromatic carbocycles. The Balaban J connectivity index is 0. The van der Waals surface area contributed by atoms with Crippen molar-refractivity contribution in [3.05, 3.63) is 12.7 Å². The third-order valence-corrected chi connectivity index (χ3v) is 1.65. The highest BCUT2D eigenvalue weighted by Crippen LogP contribution is 2.02. The SMILES string of the molecule is C=CCC(=O)O.COC(=O)O[Si](C)(C)C. The van der Waals surface area contributed by atoms with Crippen molar-refractivity contribution in [2.24, 2.45) is 0 Å². The second-order valence-corrected chi connectivity index (χ2v) is 7.98. The summed E-state index contributed by atoms with van der Waals surface area (Å²) < 4.78 is 9.16. The first kappa shape index (κ1) is 16.1. The predicted octanol–water partition coefficient (Wildman–Crippen LogP) is 2.25. The molecule has 0 atom stereocenters. The van der Waals surface area contributed by atoms with Gasteiger partial charge in [0.15, 0.2) is 0 Å². The zero-order chi connectivity index (χ0) is 12.5. The van der Waals surface area contributed by atoms with Gasteiger partial charge in [-0.15, -0.1) is 6.58 Å². The number of hydrogen-bond donors (Lipinski definition) is 1. The molecule has 0 unspecified atom stereocenters. The summed E-state index contributed by atoms with van der Waals surface area (Å²) in [7, 11) is -0.408. The van der Waals surface area contributed by atoms with Crippen LogP contribution in [0.2, 0.25) is 19.6 Å². The number of aliphatic carboxylic acids is 1. The van der Waals surface area contributed by atoms with E-state index in [1.165, 1.54) is 13.2 Å². The number of methoxy groups -OCH3 is 1. The van der Waals surface area contributed by atoms with Crippen LogP contribution in [0.25, 0.3) is 0 Å². The highest BCUT2D eigenvalue weighted by molar-refractivity contribution is 6.71. The highest BCUT2D eigenvalue weighted by Gasteiger charge is 2.19. The van der Waals surface area contributed by atoms with E-state index in [0.29, 0.717) is 0 Å². The van der Waals surface area contributed by atoms with Crippen molar-refractivity contribution in [3.63, 3.8) is 0 Å². The number of carbonyl (C=O) groups is 2. The minimum absolute atomic E-state index is 0.0556. The molecule has 0 aliphatic carbocycles. The minimum Gasteiger partial charge on any atom is -0.490 e. The first-order chi connectivity index (χ1) is 6.72. The monoisotopic (exact) mass is 234 g/mol. The fraction of sp³-hybridized carbons (Fsp3) is 0.556.